The summed E-state index contributed by atoms with van der Waals surface area (Å²) in [5.41, 5.74) is 1.00. The fourth-order valence-corrected chi connectivity index (χ4v) is 1.68. The van der Waals surface area contributed by atoms with Crippen molar-refractivity contribution in [3.63, 3.8) is 0 Å². The van der Waals surface area contributed by atoms with Crippen molar-refractivity contribution in [3.8, 4) is 5.88 Å². The van der Waals surface area contributed by atoms with Crippen molar-refractivity contribution < 1.29 is 9.66 Å². The van der Waals surface area contributed by atoms with E-state index in [1.165, 1.54) is 12.1 Å². The van der Waals surface area contributed by atoms with E-state index in [-0.39, 0.29) is 18.2 Å². The zero-order valence-corrected chi connectivity index (χ0v) is 11.5. The molecule has 0 fully saturated rings. The van der Waals surface area contributed by atoms with Crippen molar-refractivity contribution in [2.75, 3.05) is 19.0 Å². The van der Waals surface area contributed by atoms with Gasteiger partial charge in [0.05, 0.1) is 17.1 Å². The summed E-state index contributed by atoms with van der Waals surface area (Å²) < 4.78 is 5.42. The predicted molar refractivity (Wildman–Crippen MR) is 81.4 cm³/mol. The second kappa shape index (κ2) is 7.04. The molecule has 0 aliphatic heterocycles. The molecule has 0 bridgehead atoms. The topological polar surface area (TPSA) is 77.3 Å². The highest BCUT2D eigenvalue weighted by Gasteiger charge is 2.11. The zero-order chi connectivity index (χ0) is 15.1. The largest absolute Gasteiger partial charge is 0.473 e. The normalized spacial score (nSPS) is 10.5. The second-order valence-electron chi connectivity index (χ2n) is 4.18. The average molecular weight is 285 g/mol. The molecule has 0 aliphatic rings. The summed E-state index contributed by atoms with van der Waals surface area (Å²) >= 11 is 0. The number of hydrogen-bond acceptors (Lipinski definition) is 5. The molecule has 0 aliphatic carbocycles. The fourth-order valence-electron chi connectivity index (χ4n) is 1.68. The molecule has 0 radical (unpaired) electrons. The van der Waals surface area contributed by atoms with Gasteiger partial charge in [0, 0.05) is 7.05 Å². The summed E-state index contributed by atoms with van der Waals surface area (Å²) in [6, 6.07) is 12.4. The Labute approximate surface area is 122 Å². The lowest BCUT2D eigenvalue weighted by Gasteiger charge is -2.05. The summed E-state index contributed by atoms with van der Waals surface area (Å²) in [5.74, 6) is 0.609. The highest BCUT2D eigenvalue weighted by molar-refractivity contribution is 5.49. The molecule has 0 saturated heterocycles. The van der Waals surface area contributed by atoms with Crippen LogP contribution in [0.4, 0.5) is 11.5 Å². The number of nitro groups is 1. The minimum atomic E-state index is -0.477. The lowest BCUT2D eigenvalue weighted by Crippen LogP contribution is -2.01. The smallest absolute Gasteiger partial charge is 0.278 e. The van der Waals surface area contributed by atoms with Crippen LogP contribution in [-0.4, -0.2) is 23.6 Å². The van der Waals surface area contributed by atoms with Crippen LogP contribution in [-0.2, 0) is 0 Å². The Hall–Kier alpha value is -2.89. The number of ether oxygens (including phenoxy) is 1. The summed E-state index contributed by atoms with van der Waals surface area (Å²) in [4.78, 5) is 14.4. The van der Waals surface area contributed by atoms with E-state index in [0.29, 0.717) is 5.82 Å². The van der Waals surface area contributed by atoms with Gasteiger partial charge in [-0.05, 0) is 11.6 Å². The first-order valence-corrected chi connectivity index (χ1v) is 6.37. The Bertz CT molecular complexity index is 642. The van der Waals surface area contributed by atoms with Gasteiger partial charge in [-0.3, -0.25) is 10.1 Å². The minimum absolute atomic E-state index is 0.0589. The van der Waals surface area contributed by atoms with E-state index in [1.54, 1.807) is 7.05 Å². The van der Waals surface area contributed by atoms with Gasteiger partial charge in [-0.2, -0.15) is 4.98 Å². The van der Waals surface area contributed by atoms with Crippen LogP contribution in [0, 0.1) is 10.1 Å². The molecule has 1 aromatic carbocycles. The Morgan fingerprint density at radius 3 is 2.76 bits per heavy atom. The summed E-state index contributed by atoms with van der Waals surface area (Å²) in [7, 11) is 1.64. The first-order valence-electron chi connectivity index (χ1n) is 6.37. The quantitative estimate of drug-likeness (QED) is 0.651. The van der Waals surface area contributed by atoms with Crippen molar-refractivity contribution >= 4 is 17.6 Å². The monoisotopic (exact) mass is 285 g/mol. The van der Waals surface area contributed by atoms with Crippen molar-refractivity contribution in [2.45, 2.75) is 0 Å². The highest BCUT2D eigenvalue weighted by Crippen LogP contribution is 2.21. The molecule has 6 heteroatoms. The van der Waals surface area contributed by atoms with Crippen LogP contribution < -0.4 is 10.1 Å². The minimum Gasteiger partial charge on any atom is -0.473 e. The van der Waals surface area contributed by atoms with Gasteiger partial charge in [-0.25, -0.2) is 0 Å². The molecule has 0 amide bonds. The second-order valence-corrected chi connectivity index (χ2v) is 4.18. The number of aromatic nitrogens is 1. The third kappa shape index (κ3) is 4.31. The Balaban J connectivity index is 2.01. The first-order chi connectivity index (χ1) is 10.2. The number of rotatable bonds is 6. The van der Waals surface area contributed by atoms with Crippen LogP contribution >= 0.6 is 0 Å². The van der Waals surface area contributed by atoms with E-state index < -0.39 is 4.92 Å². The van der Waals surface area contributed by atoms with E-state index in [9.17, 15) is 10.1 Å². The SMILES string of the molecule is CNc1cc([N+](=O)[O-])cc(OC/C=C/c2ccccc2)n1. The maximum atomic E-state index is 10.8. The van der Waals surface area contributed by atoms with Crippen LogP contribution in [0.2, 0.25) is 0 Å². The van der Waals surface area contributed by atoms with Gasteiger partial charge in [0.15, 0.2) is 0 Å². The molecule has 6 nitrogen and oxygen atoms in total. The van der Waals surface area contributed by atoms with Crippen LogP contribution in [0.15, 0.2) is 48.5 Å². The van der Waals surface area contributed by atoms with Crippen LogP contribution in [0.25, 0.3) is 6.08 Å². The fraction of sp³-hybridized carbons (Fsp3) is 0.133. The lowest BCUT2D eigenvalue weighted by atomic mass is 10.2. The van der Waals surface area contributed by atoms with Gasteiger partial charge in [-0.1, -0.05) is 36.4 Å². The van der Waals surface area contributed by atoms with E-state index in [2.05, 4.69) is 10.3 Å². The molecule has 1 aromatic heterocycles. The first kappa shape index (κ1) is 14.5. The van der Waals surface area contributed by atoms with E-state index in [0.717, 1.165) is 5.56 Å². The van der Waals surface area contributed by atoms with Gasteiger partial charge in [0.25, 0.3) is 5.69 Å². The van der Waals surface area contributed by atoms with Crippen molar-refractivity contribution in [3.05, 3.63) is 64.2 Å². The van der Waals surface area contributed by atoms with Gasteiger partial charge in [0.2, 0.25) is 5.88 Å². The summed E-state index contributed by atoms with van der Waals surface area (Å²) in [6.45, 7) is 0.284. The molecule has 0 unspecified atom stereocenters. The number of nitrogens with one attached hydrogen (secondary N) is 1. The van der Waals surface area contributed by atoms with Gasteiger partial charge in [-0.15, -0.1) is 0 Å². The number of pyridine rings is 1. The van der Waals surface area contributed by atoms with E-state index in [1.807, 2.05) is 42.5 Å². The molecule has 2 aromatic rings. The standard InChI is InChI=1S/C15H15N3O3/c1-16-14-10-13(18(19)20)11-15(17-14)21-9-5-8-12-6-3-2-4-7-12/h2-8,10-11H,9H2,1H3,(H,16,17)/b8-5+. The zero-order valence-electron chi connectivity index (χ0n) is 11.5. The number of anilines is 1. The molecule has 21 heavy (non-hydrogen) atoms. The van der Waals surface area contributed by atoms with E-state index >= 15 is 0 Å². The molecular formula is C15H15N3O3. The highest BCUT2D eigenvalue weighted by atomic mass is 16.6. The Morgan fingerprint density at radius 2 is 2.10 bits per heavy atom. The van der Waals surface area contributed by atoms with Gasteiger partial charge < -0.3 is 10.1 Å². The molecule has 1 N–H and O–H groups in total. The van der Waals surface area contributed by atoms with Crippen LogP contribution in [0.5, 0.6) is 5.88 Å². The third-order valence-corrected chi connectivity index (χ3v) is 2.69. The predicted octanol–water partition coefficient (Wildman–Crippen LogP) is 3.12. The maximum Gasteiger partial charge on any atom is 0.278 e. The third-order valence-electron chi connectivity index (χ3n) is 2.69. The van der Waals surface area contributed by atoms with Gasteiger partial charge in [0.1, 0.15) is 12.4 Å². The van der Waals surface area contributed by atoms with Crippen molar-refractivity contribution in [1.29, 1.82) is 0 Å². The van der Waals surface area contributed by atoms with Gasteiger partial charge >= 0.3 is 0 Å². The average Bonchev–Trinajstić information content (AvgIpc) is 2.52. The maximum absolute atomic E-state index is 10.8. The number of benzene rings is 1. The molecular weight excluding hydrogens is 270 g/mol. The molecule has 2 rings (SSSR count). The van der Waals surface area contributed by atoms with E-state index in [4.69, 9.17) is 4.74 Å². The molecule has 1 heterocycles. The summed E-state index contributed by atoms with van der Waals surface area (Å²) in [6.07, 6.45) is 3.74. The number of hydrogen-bond donors (Lipinski definition) is 1. The summed E-state index contributed by atoms with van der Waals surface area (Å²) in [5, 5.41) is 13.6. The lowest BCUT2D eigenvalue weighted by molar-refractivity contribution is -0.384. The molecule has 0 spiro atoms. The van der Waals surface area contributed by atoms with Crippen LogP contribution in [0.3, 0.4) is 0 Å². The molecule has 0 atom stereocenters. The Kier molecular flexibility index (Phi) is 4.87. The van der Waals surface area contributed by atoms with Crippen LogP contribution in [0.1, 0.15) is 5.56 Å². The molecule has 108 valence electrons. The van der Waals surface area contributed by atoms with Crippen molar-refractivity contribution in [2.24, 2.45) is 0 Å². The Morgan fingerprint density at radius 1 is 1.33 bits per heavy atom. The molecule has 0 saturated carbocycles. The van der Waals surface area contributed by atoms with Crippen molar-refractivity contribution in [1.82, 2.24) is 4.98 Å². The number of nitrogens with zero attached hydrogens (tertiary/aromatic N) is 2.